The largest absolute Gasteiger partial charge is 0.445 e. The molecule has 0 aromatic rings. The van der Waals surface area contributed by atoms with E-state index in [9.17, 15) is 9.59 Å². The fourth-order valence-corrected chi connectivity index (χ4v) is 6.11. The lowest BCUT2D eigenvalue weighted by atomic mass is 9.68. The Kier molecular flexibility index (Phi) is 8.55. The van der Waals surface area contributed by atoms with Gasteiger partial charge in [0.05, 0.1) is 18.6 Å². The summed E-state index contributed by atoms with van der Waals surface area (Å²) in [5.74, 6) is 0.348. The minimum absolute atomic E-state index is 0.0112. The van der Waals surface area contributed by atoms with Gasteiger partial charge in [0.15, 0.2) is 0 Å². The molecule has 0 aromatic carbocycles. The Morgan fingerprint density at radius 2 is 2.00 bits per heavy atom. The molecule has 4 unspecified atom stereocenters. The Bertz CT molecular complexity index is 878. The lowest BCUT2D eigenvalue weighted by molar-refractivity contribution is -0.124. The topological polar surface area (TPSA) is 93.4 Å². The molecule has 1 aliphatic carbocycles. The van der Waals surface area contributed by atoms with Crippen LogP contribution in [-0.4, -0.2) is 98.0 Å². The highest BCUT2D eigenvalue weighted by atomic mass is 16.6. The fraction of sp³-hybridized carbons (Fsp3) is 0.786. The van der Waals surface area contributed by atoms with Crippen LogP contribution in [0, 0.1) is 11.8 Å². The molecule has 9 heteroatoms. The maximum atomic E-state index is 13.0. The van der Waals surface area contributed by atoms with Gasteiger partial charge in [-0.1, -0.05) is 24.3 Å². The Morgan fingerprint density at radius 3 is 2.59 bits per heavy atom. The summed E-state index contributed by atoms with van der Waals surface area (Å²) in [6.45, 7) is 15.2. The minimum Gasteiger partial charge on any atom is -0.445 e. The molecular weight excluding hydrogens is 476 g/mol. The van der Waals surface area contributed by atoms with Crippen molar-refractivity contribution in [2.45, 2.75) is 82.9 Å². The Morgan fingerprint density at radius 1 is 1.27 bits per heavy atom. The van der Waals surface area contributed by atoms with E-state index in [0.29, 0.717) is 45.1 Å². The first-order valence-corrected chi connectivity index (χ1v) is 13.6. The van der Waals surface area contributed by atoms with E-state index in [1.54, 1.807) is 23.0 Å². The number of methoxy groups -OCH3 is 1. The Labute approximate surface area is 221 Å². The average Bonchev–Trinajstić information content (AvgIpc) is 3.75. The molecular formula is C28H44N2O7. The maximum Gasteiger partial charge on any atom is 0.410 e. The quantitative estimate of drug-likeness (QED) is 0.298. The van der Waals surface area contributed by atoms with Gasteiger partial charge in [0.2, 0.25) is 0 Å². The predicted octanol–water partition coefficient (Wildman–Crippen LogP) is 4.17. The molecule has 37 heavy (non-hydrogen) atoms. The van der Waals surface area contributed by atoms with E-state index >= 15 is 0 Å². The van der Waals surface area contributed by atoms with E-state index in [1.165, 1.54) is 5.57 Å². The zero-order chi connectivity index (χ0) is 26.8. The molecule has 4 aliphatic rings. The monoisotopic (exact) mass is 520 g/mol. The van der Waals surface area contributed by atoms with Crippen molar-refractivity contribution in [3.8, 4) is 0 Å². The third-order valence-corrected chi connectivity index (χ3v) is 8.48. The van der Waals surface area contributed by atoms with Gasteiger partial charge in [-0.2, -0.15) is 0 Å². The fourth-order valence-electron chi connectivity index (χ4n) is 6.11. The summed E-state index contributed by atoms with van der Waals surface area (Å²) in [7, 11) is 1.69. The van der Waals surface area contributed by atoms with Crippen LogP contribution in [0.25, 0.3) is 0 Å². The standard InChI is InChI=1S/C28H44N2O7/c1-7-15-34-25(31)29(8-2)14-12-20-16-30(17-20)26(32)36-21-11-13-28(18-35-28)24(23(21)33-6)27(5)22(37-27)10-9-19(3)4/h7,9,20-24H,1,8,10-18H2,2-6H3/t21?,22-,23?,24?,27+,28?/m1/s1. The number of hydrogen-bond donors (Lipinski definition) is 0. The highest BCUT2D eigenvalue weighted by Gasteiger charge is 2.72. The third-order valence-electron chi connectivity index (χ3n) is 8.48. The number of likely N-dealkylation sites (tertiary alicyclic amines) is 1. The SMILES string of the molecule is C=CCOC(=O)N(CC)CCC1CN(C(=O)OC2CCC3(CO3)C([C@@]3(C)O[C@@H]3CC=C(C)C)C2OC)C1. The summed E-state index contributed by atoms with van der Waals surface area (Å²) in [6.07, 6.45) is 5.87. The first-order chi connectivity index (χ1) is 17.7. The number of hydrogen-bond acceptors (Lipinski definition) is 7. The van der Waals surface area contributed by atoms with E-state index in [4.69, 9.17) is 23.7 Å². The number of nitrogens with zero attached hydrogens (tertiary/aromatic N) is 2. The van der Waals surface area contributed by atoms with Crippen molar-refractivity contribution in [3.05, 3.63) is 24.3 Å². The summed E-state index contributed by atoms with van der Waals surface area (Å²) >= 11 is 0. The van der Waals surface area contributed by atoms with Crippen LogP contribution in [0.15, 0.2) is 24.3 Å². The summed E-state index contributed by atoms with van der Waals surface area (Å²) in [5, 5.41) is 0. The first kappa shape index (κ1) is 27.9. The van der Waals surface area contributed by atoms with Crippen molar-refractivity contribution in [1.29, 1.82) is 0 Å². The molecule has 4 fully saturated rings. The normalized spacial score (nSPS) is 34.4. The minimum atomic E-state index is -0.353. The van der Waals surface area contributed by atoms with Crippen LogP contribution in [-0.2, 0) is 23.7 Å². The van der Waals surface area contributed by atoms with Gasteiger partial charge < -0.3 is 33.5 Å². The van der Waals surface area contributed by atoms with Gasteiger partial charge in [-0.3, -0.25) is 0 Å². The number of carbonyl (C=O) groups excluding carboxylic acids is 2. The number of rotatable bonds is 11. The molecule has 2 amide bonds. The average molecular weight is 521 g/mol. The van der Waals surface area contributed by atoms with Crippen molar-refractivity contribution in [2.75, 3.05) is 46.5 Å². The molecule has 0 bridgehead atoms. The number of amides is 2. The van der Waals surface area contributed by atoms with Gasteiger partial charge in [0.25, 0.3) is 0 Å². The van der Waals surface area contributed by atoms with Crippen molar-refractivity contribution >= 4 is 12.2 Å². The molecule has 1 saturated carbocycles. The molecule has 1 spiro atoms. The van der Waals surface area contributed by atoms with Crippen LogP contribution in [0.2, 0.25) is 0 Å². The molecule has 9 nitrogen and oxygen atoms in total. The van der Waals surface area contributed by atoms with Crippen molar-refractivity contribution in [3.63, 3.8) is 0 Å². The van der Waals surface area contributed by atoms with Crippen LogP contribution in [0.1, 0.15) is 53.4 Å². The lowest BCUT2D eigenvalue weighted by Crippen LogP contribution is -2.57. The summed E-state index contributed by atoms with van der Waals surface area (Å²) in [4.78, 5) is 28.5. The number of carbonyl (C=O) groups is 2. The van der Waals surface area contributed by atoms with Gasteiger partial charge in [0.1, 0.15) is 30.0 Å². The predicted molar refractivity (Wildman–Crippen MR) is 138 cm³/mol. The molecule has 0 aromatic heterocycles. The molecule has 0 N–H and O–H groups in total. The smallest absolute Gasteiger partial charge is 0.410 e. The van der Waals surface area contributed by atoms with Crippen LogP contribution < -0.4 is 0 Å². The van der Waals surface area contributed by atoms with Crippen molar-refractivity contribution in [1.82, 2.24) is 9.80 Å². The highest BCUT2D eigenvalue weighted by molar-refractivity contribution is 5.69. The van der Waals surface area contributed by atoms with E-state index in [2.05, 4.69) is 33.4 Å². The van der Waals surface area contributed by atoms with Gasteiger partial charge in [-0.25, -0.2) is 9.59 Å². The van der Waals surface area contributed by atoms with E-state index in [-0.39, 0.29) is 54.2 Å². The Hall–Kier alpha value is -2.10. The second-order valence-electron chi connectivity index (χ2n) is 11.3. The second kappa shape index (κ2) is 11.3. The van der Waals surface area contributed by atoms with Crippen molar-refractivity contribution in [2.24, 2.45) is 11.8 Å². The lowest BCUT2D eigenvalue weighted by Gasteiger charge is -2.44. The van der Waals surface area contributed by atoms with Gasteiger partial charge in [-0.15, -0.1) is 0 Å². The molecule has 3 aliphatic heterocycles. The summed E-state index contributed by atoms with van der Waals surface area (Å²) < 4.78 is 29.4. The van der Waals surface area contributed by atoms with E-state index in [0.717, 1.165) is 19.3 Å². The number of ether oxygens (including phenoxy) is 5. The maximum absolute atomic E-state index is 13.0. The van der Waals surface area contributed by atoms with Crippen LogP contribution in [0.4, 0.5) is 9.59 Å². The van der Waals surface area contributed by atoms with Crippen molar-refractivity contribution < 1.29 is 33.3 Å². The third kappa shape index (κ3) is 5.99. The zero-order valence-corrected chi connectivity index (χ0v) is 23.1. The highest BCUT2D eigenvalue weighted by Crippen LogP contribution is 2.59. The number of allylic oxidation sites excluding steroid dienone is 1. The molecule has 208 valence electrons. The molecule has 3 saturated heterocycles. The molecule has 3 heterocycles. The first-order valence-electron chi connectivity index (χ1n) is 13.6. The molecule has 4 rings (SSSR count). The van der Waals surface area contributed by atoms with Crippen LogP contribution in [0.5, 0.6) is 0 Å². The zero-order valence-electron chi connectivity index (χ0n) is 23.1. The molecule has 0 radical (unpaired) electrons. The second-order valence-corrected chi connectivity index (χ2v) is 11.3. The van der Waals surface area contributed by atoms with Gasteiger partial charge in [-0.05, 0) is 59.3 Å². The Balaban J connectivity index is 1.28. The summed E-state index contributed by atoms with van der Waals surface area (Å²) in [5.41, 5.74) is 0.684. The van der Waals surface area contributed by atoms with Crippen LogP contribution in [0.3, 0.4) is 0 Å². The van der Waals surface area contributed by atoms with Gasteiger partial charge in [0, 0.05) is 33.3 Å². The molecule has 6 atom stereocenters. The summed E-state index contributed by atoms with van der Waals surface area (Å²) in [6, 6.07) is 0. The van der Waals surface area contributed by atoms with Crippen LogP contribution >= 0.6 is 0 Å². The van der Waals surface area contributed by atoms with E-state index in [1.807, 2.05) is 6.92 Å². The van der Waals surface area contributed by atoms with Gasteiger partial charge >= 0.3 is 12.2 Å². The number of epoxide rings is 2. The van der Waals surface area contributed by atoms with E-state index < -0.39 is 0 Å².